The third kappa shape index (κ3) is 1.78. The molecule has 0 spiro atoms. The predicted molar refractivity (Wildman–Crippen MR) is 52.2 cm³/mol. The molecular formula is C10H12FNO3. The molecule has 82 valence electrons. The second-order valence-electron chi connectivity index (χ2n) is 3.31. The Hall–Kier alpha value is -1.62. The summed E-state index contributed by atoms with van der Waals surface area (Å²) in [6.07, 6.45) is -1.82. The van der Waals surface area contributed by atoms with Crippen molar-refractivity contribution in [3.8, 4) is 5.75 Å². The predicted octanol–water partition coefficient (Wildman–Crippen LogP) is 0.989. The Kier molecular flexibility index (Phi) is 2.95. The number of rotatable bonds is 3. The number of phenols is 1. The Morgan fingerprint density at radius 3 is 2.47 bits per heavy atom. The van der Waals surface area contributed by atoms with E-state index in [2.05, 4.69) is 0 Å². The van der Waals surface area contributed by atoms with Crippen LogP contribution in [0, 0.1) is 0 Å². The van der Waals surface area contributed by atoms with Crippen molar-refractivity contribution in [3.63, 3.8) is 0 Å². The third-order valence-electron chi connectivity index (χ3n) is 2.33. The van der Waals surface area contributed by atoms with Crippen LogP contribution in [0.5, 0.6) is 5.75 Å². The monoisotopic (exact) mass is 213 g/mol. The van der Waals surface area contributed by atoms with Gasteiger partial charge in [0, 0.05) is 5.56 Å². The molecule has 0 saturated heterocycles. The van der Waals surface area contributed by atoms with Crippen molar-refractivity contribution in [2.24, 2.45) is 5.73 Å². The summed E-state index contributed by atoms with van der Waals surface area (Å²) in [7, 11) is 0. The van der Waals surface area contributed by atoms with Crippen LogP contribution in [0.25, 0.3) is 0 Å². The van der Waals surface area contributed by atoms with Crippen LogP contribution >= 0.6 is 0 Å². The number of phenolic OH excluding ortho intramolecular Hbond substituents is 1. The number of benzene rings is 1. The van der Waals surface area contributed by atoms with Crippen LogP contribution in [0.3, 0.4) is 0 Å². The Morgan fingerprint density at radius 2 is 2.07 bits per heavy atom. The Labute approximate surface area is 86.1 Å². The fourth-order valence-electron chi connectivity index (χ4n) is 1.32. The van der Waals surface area contributed by atoms with Gasteiger partial charge in [-0.05, 0) is 13.0 Å². The van der Waals surface area contributed by atoms with E-state index in [0.29, 0.717) is 0 Å². The molecule has 4 nitrogen and oxygen atoms in total. The first kappa shape index (κ1) is 11.5. The van der Waals surface area contributed by atoms with Gasteiger partial charge in [-0.2, -0.15) is 0 Å². The zero-order valence-corrected chi connectivity index (χ0v) is 8.14. The first-order valence-corrected chi connectivity index (χ1v) is 4.35. The van der Waals surface area contributed by atoms with Gasteiger partial charge in [-0.3, -0.25) is 0 Å². The fraction of sp³-hybridized carbons (Fsp3) is 0.300. The van der Waals surface area contributed by atoms with Gasteiger partial charge in [-0.1, -0.05) is 18.2 Å². The second-order valence-corrected chi connectivity index (χ2v) is 3.31. The molecular weight excluding hydrogens is 201 g/mol. The van der Waals surface area contributed by atoms with Crippen molar-refractivity contribution in [1.29, 1.82) is 0 Å². The molecule has 0 bridgehead atoms. The molecule has 0 heterocycles. The maximum absolute atomic E-state index is 13.2. The molecule has 0 aliphatic carbocycles. The number of aliphatic carboxylic acids is 1. The van der Waals surface area contributed by atoms with E-state index in [1.165, 1.54) is 24.3 Å². The topological polar surface area (TPSA) is 83.6 Å². The standard InChI is InChI=1S/C10H12FNO3/c1-6(11)10(12,9(14)15)7-4-2-3-5-8(7)13/h2-6,13H,12H2,1H3,(H,14,15). The van der Waals surface area contributed by atoms with Gasteiger partial charge in [0.25, 0.3) is 0 Å². The average molecular weight is 213 g/mol. The summed E-state index contributed by atoms with van der Waals surface area (Å²) in [6, 6.07) is 5.55. The number of para-hydroxylation sites is 1. The van der Waals surface area contributed by atoms with E-state index in [1.54, 1.807) is 0 Å². The van der Waals surface area contributed by atoms with Gasteiger partial charge in [-0.15, -0.1) is 0 Å². The quantitative estimate of drug-likeness (QED) is 0.699. The lowest BCUT2D eigenvalue weighted by atomic mass is 9.86. The van der Waals surface area contributed by atoms with E-state index < -0.39 is 17.7 Å². The molecule has 0 fully saturated rings. The molecule has 15 heavy (non-hydrogen) atoms. The van der Waals surface area contributed by atoms with Gasteiger partial charge >= 0.3 is 5.97 Å². The summed E-state index contributed by atoms with van der Waals surface area (Å²) in [4.78, 5) is 10.9. The number of aromatic hydroxyl groups is 1. The number of hydrogen-bond acceptors (Lipinski definition) is 3. The minimum atomic E-state index is -2.22. The minimum Gasteiger partial charge on any atom is -0.508 e. The SMILES string of the molecule is CC(F)C(N)(C(=O)O)c1ccccc1O. The summed E-state index contributed by atoms with van der Waals surface area (Å²) in [6.45, 7) is 1.04. The fourth-order valence-corrected chi connectivity index (χ4v) is 1.32. The number of carbonyl (C=O) groups is 1. The number of halogens is 1. The highest BCUT2D eigenvalue weighted by Gasteiger charge is 2.44. The average Bonchev–Trinajstić information content (AvgIpc) is 2.16. The molecule has 0 amide bonds. The number of alkyl halides is 1. The van der Waals surface area contributed by atoms with Crippen molar-refractivity contribution in [2.75, 3.05) is 0 Å². The van der Waals surface area contributed by atoms with E-state index in [0.717, 1.165) is 6.92 Å². The van der Waals surface area contributed by atoms with Crippen LogP contribution in [0.15, 0.2) is 24.3 Å². The van der Waals surface area contributed by atoms with Crippen molar-refractivity contribution in [2.45, 2.75) is 18.6 Å². The minimum absolute atomic E-state index is 0.132. The molecule has 0 aliphatic rings. The zero-order valence-electron chi connectivity index (χ0n) is 8.14. The highest BCUT2D eigenvalue weighted by atomic mass is 19.1. The maximum Gasteiger partial charge on any atom is 0.331 e. The van der Waals surface area contributed by atoms with Crippen molar-refractivity contribution < 1.29 is 19.4 Å². The number of carboxylic acid groups (broad SMARTS) is 1. The Balaban J connectivity index is 3.34. The van der Waals surface area contributed by atoms with E-state index >= 15 is 0 Å². The van der Waals surface area contributed by atoms with Crippen LogP contribution in [-0.2, 0) is 10.3 Å². The number of hydrogen-bond donors (Lipinski definition) is 3. The van der Waals surface area contributed by atoms with E-state index in [4.69, 9.17) is 10.8 Å². The van der Waals surface area contributed by atoms with E-state index in [1.807, 2.05) is 0 Å². The molecule has 4 N–H and O–H groups in total. The highest BCUT2D eigenvalue weighted by Crippen LogP contribution is 2.31. The summed E-state index contributed by atoms with van der Waals surface area (Å²) >= 11 is 0. The smallest absolute Gasteiger partial charge is 0.331 e. The van der Waals surface area contributed by atoms with Crippen molar-refractivity contribution in [3.05, 3.63) is 29.8 Å². The summed E-state index contributed by atoms with van der Waals surface area (Å²) in [5, 5.41) is 18.3. The van der Waals surface area contributed by atoms with Crippen LogP contribution < -0.4 is 5.73 Å². The molecule has 1 aromatic carbocycles. The van der Waals surface area contributed by atoms with Crippen LogP contribution in [-0.4, -0.2) is 22.4 Å². The molecule has 0 aliphatic heterocycles. The summed E-state index contributed by atoms with van der Waals surface area (Å²) in [5.74, 6) is -1.84. The lowest BCUT2D eigenvalue weighted by Gasteiger charge is -2.27. The number of nitrogens with two attached hydrogens (primary N) is 1. The van der Waals surface area contributed by atoms with Crippen molar-refractivity contribution >= 4 is 5.97 Å². The molecule has 1 aromatic rings. The molecule has 0 saturated carbocycles. The first-order chi connectivity index (χ1) is 6.90. The van der Waals surface area contributed by atoms with E-state index in [-0.39, 0.29) is 11.3 Å². The van der Waals surface area contributed by atoms with Gasteiger partial charge in [0.2, 0.25) is 0 Å². The van der Waals surface area contributed by atoms with Gasteiger partial charge in [0.15, 0.2) is 5.54 Å². The van der Waals surface area contributed by atoms with Crippen LogP contribution in [0.2, 0.25) is 0 Å². The largest absolute Gasteiger partial charge is 0.508 e. The molecule has 2 unspecified atom stereocenters. The van der Waals surface area contributed by atoms with Crippen LogP contribution in [0.4, 0.5) is 4.39 Å². The lowest BCUT2D eigenvalue weighted by molar-refractivity contribution is -0.146. The number of carboxylic acids is 1. The van der Waals surface area contributed by atoms with Gasteiger partial charge in [-0.25, -0.2) is 9.18 Å². The zero-order chi connectivity index (χ0) is 11.6. The summed E-state index contributed by atoms with van der Waals surface area (Å²) in [5.41, 5.74) is 3.12. The molecule has 1 rings (SSSR count). The van der Waals surface area contributed by atoms with Gasteiger partial charge < -0.3 is 15.9 Å². The summed E-state index contributed by atoms with van der Waals surface area (Å²) < 4.78 is 13.2. The Bertz CT molecular complexity index is 381. The van der Waals surface area contributed by atoms with Crippen molar-refractivity contribution in [1.82, 2.24) is 0 Å². The molecule has 0 radical (unpaired) electrons. The maximum atomic E-state index is 13.2. The molecule has 0 aromatic heterocycles. The normalized spacial score (nSPS) is 16.7. The van der Waals surface area contributed by atoms with Gasteiger partial charge in [0.05, 0.1) is 0 Å². The Morgan fingerprint density at radius 1 is 1.53 bits per heavy atom. The lowest BCUT2D eigenvalue weighted by Crippen LogP contribution is -2.51. The van der Waals surface area contributed by atoms with Crippen LogP contribution in [0.1, 0.15) is 12.5 Å². The molecule has 5 heteroatoms. The third-order valence-corrected chi connectivity index (χ3v) is 2.33. The van der Waals surface area contributed by atoms with E-state index in [9.17, 15) is 14.3 Å². The molecule has 2 atom stereocenters. The highest BCUT2D eigenvalue weighted by molar-refractivity contribution is 5.82. The van der Waals surface area contributed by atoms with Gasteiger partial charge in [0.1, 0.15) is 11.9 Å². The first-order valence-electron chi connectivity index (χ1n) is 4.35. The second kappa shape index (κ2) is 3.86.